The summed E-state index contributed by atoms with van der Waals surface area (Å²) in [5.74, 6) is 0.218. The summed E-state index contributed by atoms with van der Waals surface area (Å²) in [6.45, 7) is 10.8. The first-order valence-electron chi connectivity index (χ1n) is 9.08. The number of benzene rings is 2. The number of carbonyl (C=O) groups is 1. The fourth-order valence-corrected chi connectivity index (χ4v) is 3.63. The van der Waals surface area contributed by atoms with Crippen LogP contribution in [-0.4, -0.2) is 36.5 Å². The Balaban J connectivity index is 1.73. The number of carbonyl (C=O) groups excluding carboxylic acids is 1. The Morgan fingerprint density at radius 1 is 1.00 bits per heavy atom. The molecular formula is C22H28N2O. The lowest BCUT2D eigenvalue weighted by molar-refractivity contribution is -0.137. The van der Waals surface area contributed by atoms with Gasteiger partial charge in [-0.1, -0.05) is 48.0 Å². The molecule has 1 atom stereocenters. The third-order valence-electron chi connectivity index (χ3n) is 5.31. The van der Waals surface area contributed by atoms with Gasteiger partial charge in [0, 0.05) is 31.4 Å². The molecule has 132 valence electrons. The van der Waals surface area contributed by atoms with Crippen LogP contribution in [0.15, 0.2) is 54.6 Å². The molecule has 1 amide bonds. The summed E-state index contributed by atoms with van der Waals surface area (Å²) in [6, 6.07) is 19.1. The summed E-state index contributed by atoms with van der Waals surface area (Å²) < 4.78 is 0. The molecule has 0 bridgehead atoms. The molecule has 3 heteroatoms. The number of anilines is 1. The number of aryl methyl sites for hydroxylation is 1. The van der Waals surface area contributed by atoms with Crippen molar-refractivity contribution in [2.24, 2.45) is 0 Å². The number of nitrogens with zero attached hydrogens (tertiary/aromatic N) is 2. The predicted octanol–water partition coefficient (Wildman–Crippen LogP) is 4.01. The van der Waals surface area contributed by atoms with Gasteiger partial charge in [0.15, 0.2) is 0 Å². The molecule has 0 spiro atoms. The van der Waals surface area contributed by atoms with E-state index in [0.717, 1.165) is 25.2 Å². The third-order valence-corrected chi connectivity index (χ3v) is 5.31. The lowest BCUT2D eigenvalue weighted by Gasteiger charge is -2.43. The van der Waals surface area contributed by atoms with Gasteiger partial charge in [0.25, 0.3) is 0 Å². The molecule has 1 saturated heterocycles. The second kappa shape index (κ2) is 6.91. The fourth-order valence-electron chi connectivity index (χ4n) is 3.63. The minimum atomic E-state index is -0.498. The maximum atomic E-state index is 13.2. The molecule has 0 radical (unpaired) electrons. The number of rotatable bonds is 3. The summed E-state index contributed by atoms with van der Waals surface area (Å²) in [4.78, 5) is 17.6. The highest BCUT2D eigenvalue weighted by molar-refractivity contribution is 5.87. The zero-order valence-corrected chi connectivity index (χ0v) is 15.7. The lowest BCUT2D eigenvalue weighted by Crippen LogP contribution is -2.57. The number of para-hydroxylation sites is 1. The van der Waals surface area contributed by atoms with Crippen molar-refractivity contribution in [3.63, 3.8) is 0 Å². The van der Waals surface area contributed by atoms with Crippen molar-refractivity contribution in [1.29, 1.82) is 0 Å². The fraction of sp³-hybridized carbons (Fsp3) is 0.409. The Morgan fingerprint density at radius 3 is 2.24 bits per heavy atom. The number of amides is 1. The summed E-state index contributed by atoms with van der Waals surface area (Å²) in [5.41, 5.74) is 3.04. The Bertz CT molecular complexity index is 721. The van der Waals surface area contributed by atoms with Crippen LogP contribution in [0, 0.1) is 6.92 Å². The van der Waals surface area contributed by atoms with Gasteiger partial charge in [-0.25, -0.2) is 0 Å². The molecule has 0 saturated carbocycles. The second-order valence-corrected chi connectivity index (χ2v) is 7.62. The van der Waals surface area contributed by atoms with Gasteiger partial charge in [0.05, 0.1) is 5.41 Å². The van der Waals surface area contributed by atoms with E-state index < -0.39 is 5.41 Å². The summed E-state index contributed by atoms with van der Waals surface area (Å²) in [6.07, 6.45) is 0. The van der Waals surface area contributed by atoms with E-state index in [2.05, 4.69) is 67.3 Å². The average molecular weight is 336 g/mol. The molecule has 0 aromatic heterocycles. The van der Waals surface area contributed by atoms with Gasteiger partial charge in [-0.2, -0.15) is 0 Å². The molecule has 25 heavy (non-hydrogen) atoms. The van der Waals surface area contributed by atoms with Crippen LogP contribution in [0.25, 0.3) is 0 Å². The van der Waals surface area contributed by atoms with Crippen LogP contribution >= 0.6 is 0 Å². The van der Waals surface area contributed by atoms with Crippen LogP contribution in [0.4, 0.5) is 5.69 Å². The first-order valence-corrected chi connectivity index (χ1v) is 9.08. The van der Waals surface area contributed by atoms with Crippen molar-refractivity contribution in [1.82, 2.24) is 4.90 Å². The Kier molecular flexibility index (Phi) is 4.85. The molecule has 2 aromatic rings. The normalized spacial score (nSPS) is 18.3. The first-order chi connectivity index (χ1) is 11.9. The van der Waals surface area contributed by atoms with Gasteiger partial charge in [0.2, 0.25) is 5.91 Å². The van der Waals surface area contributed by atoms with Crippen molar-refractivity contribution in [3.05, 3.63) is 65.7 Å². The topological polar surface area (TPSA) is 23.6 Å². The van der Waals surface area contributed by atoms with Crippen LogP contribution in [0.1, 0.15) is 31.9 Å². The van der Waals surface area contributed by atoms with E-state index in [4.69, 9.17) is 0 Å². The minimum absolute atomic E-state index is 0.218. The Hall–Kier alpha value is -2.29. The van der Waals surface area contributed by atoms with E-state index in [1.807, 2.05) is 24.8 Å². The highest BCUT2D eigenvalue weighted by Crippen LogP contribution is 2.28. The van der Waals surface area contributed by atoms with Gasteiger partial charge < -0.3 is 9.80 Å². The molecule has 3 nitrogen and oxygen atoms in total. The van der Waals surface area contributed by atoms with E-state index in [9.17, 15) is 4.79 Å². The van der Waals surface area contributed by atoms with E-state index >= 15 is 0 Å². The smallest absolute Gasteiger partial charge is 0.232 e. The van der Waals surface area contributed by atoms with Gasteiger partial charge in [-0.05, 0) is 45.4 Å². The maximum absolute atomic E-state index is 13.2. The first kappa shape index (κ1) is 17.5. The molecule has 1 heterocycles. The monoisotopic (exact) mass is 336 g/mol. The van der Waals surface area contributed by atoms with Crippen LogP contribution in [0.3, 0.4) is 0 Å². The van der Waals surface area contributed by atoms with Crippen LogP contribution in [-0.2, 0) is 10.2 Å². The summed E-state index contributed by atoms with van der Waals surface area (Å²) in [5, 5.41) is 0. The standard InChI is InChI=1S/C22H28N2O/c1-17-10-12-19(13-11-17)22(3,4)21(25)23-14-15-24(18(2)16-23)20-8-6-5-7-9-20/h5-13,18H,14-16H2,1-4H3. The van der Waals surface area contributed by atoms with E-state index in [1.165, 1.54) is 11.3 Å². The number of piperazine rings is 1. The van der Waals surface area contributed by atoms with Crippen molar-refractivity contribution in [2.45, 2.75) is 39.2 Å². The Morgan fingerprint density at radius 2 is 1.64 bits per heavy atom. The molecular weight excluding hydrogens is 308 g/mol. The molecule has 1 fully saturated rings. The van der Waals surface area contributed by atoms with Gasteiger partial charge in [-0.15, -0.1) is 0 Å². The predicted molar refractivity (Wildman–Crippen MR) is 104 cm³/mol. The average Bonchev–Trinajstić information content (AvgIpc) is 2.62. The van der Waals surface area contributed by atoms with Crippen molar-refractivity contribution in [2.75, 3.05) is 24.5 Å². The highest BCUT2D eigenvalue weighted by atomic mass is 16.2. The van der Waals surface area contributed by atoms with Gasteiger partial charge >= 0.3 is 0 Å². The number of hydrogen-bond acceptors (Lipinski definition) is 2. The summed E-state index contributed by atoms with van der Waals surface area (Å²) in [7, 11) is 0. The number of hydrogen-bond donors (Lipinski definition) is 0. The van der Waals surface area contributed by atoms with Crippen LogP contribution in [0.5, 0.6) is 0 Å². The Labute approximate surface area is 151 Å². The largest absolute Gasteiger partial charge is 0.365 e. The highest BCUT2D eigenvalue weighted by Gasteiger charge is 2.36. The van der Waals surface area contributed by atoms with Gasteiger partial charge in [0.1, 0.15) is 0 Å². The molecule has 3 rings (SSSR count). The van der Waals surface area contributed by atoms with Crippen molar-refractivity contribution >= 4 is 11.6 Å². The van der Waals surface area contributed by atoms with Crippen molar-refractivity contribution < 1.29 is 4.79 Å². The molecule has 0 N–H and O–H groups in total. The van der Waals surface area contributed by atoms with Crippen molar-refractivity contribution in [3.8, 4) is 0 Å². The third kappa shape index (κ3) is 3.55. The van der Waals surface area contributed by atoms with Crippen LogP contribution in [0.2, 0.25) is 0 Å². The minimum Gasteiger partial charge on any atom is -0.365 e. The van der Waals surface area contributed by atoms with Crippen LogP contribution < -0.4 is 4.90 Å². The van der Waals surface area contributed by atoms with E-state index in [0.29, 0.717) is 6.04 Å². The zero-order valence-electron chi connectivity index (χ0n) is 15.7. The van der Waals surface area contributed by atoms with E-state index in [-0.39, 0.29) is 5.91 Å². The van der Waals surface area contributed by atoms with Gasteiger partial charge in [-0.3, -0.25) is 4.79 Å². The molecule has 0 aliphatic carbocycles. The molecule has 1 aliphatic rings. The summed E-state index contributed by atoms with van der Waals surface area (Å²) >= 11 is 0. The second-order valence-electron chi connectivity index (χ2n) is 7.62. The molecule has 1 aliphatic heterocycles. The molecule has 1 unspecified atom stereocenters. The zero-order chi connectivity index (χ0) is 18.0. The molecule has 2 aromatic carbocycles. The maximum Gasteiger partial charge on any atom is 0.232 e. The quantitative estimate of drug-likeness (QED) is 0.845. The van der Waals surface area contributed by atoms with E-state index in [1.54, 1.807) is 0 Å². The SMILES string of the molecule is Cc1ccc(C(C)(C)C(=O)N2CCN(c3ccccc3)C(C)C2)cc1. The lowest BCUT2D eigenvalue weighted by atomic mass is 9.82.